The maximum Gasteiger partial charge on any atom is 0.271 e. The van der Waals surface area contributed by atoms with E-state index in [1.807, 2.05) is 0 Å². The number of nitro benzene ring substituents is 1. The Morgan fingerprint density at radius 1 is 1.32 bits per heavy atom. The quantitative estimate of drug-likeness (QED) is 0.679. The fourth-order valence-electron chi connectivity index (χ4n) is 2.55. The van der Waals surface area contributed by atoms with Gasteiger partial charge in [0.05, 0.1) is 33.0 Å². The first-order valence-electron chi connectivity index (χ1n) is 7.14. The van der Waals surface area contributed by atoms with Crippen LogP contribution in [0, 0.1) is 16.0 Å². The van der Waals surface area contributed by atoms with Crippen LogP contribution in [0.4, 0.5) is 5.69 Å². The van der Waals surface area contributed by atoms with Crippen LogP contribution in [-0.4, -0.2) is 37.9 Å². The Hall–Kier alpha value is -1.93. The highest BCUT2D eigenvalue weighted by Crippen LogP contribution is 2.20. The Morgan fingerprint density at radius 2 is 2.09 bits per heavy atom. The van der Waals surface area contributed by atoms with Crippen LogP contribution in [-0.2, 0) is 10.8 Å². The molecule has 0 aliphatic carbocycles. The van der Waals surface area contributed by atoms with Gasteiger partial charge in [-0.3, -0.25) is 19.3 Å². The van der Waals surface area contributed by atoms with Crippen molar-refractivity contribution >= 4 is 27.5 Å². The summed E-state index contributed by atoms with van der Waals surface area (Å²) in [5.41, 5.74) is 0.948. The van der Waals surface area contributed by atoms with Gasteiger partial charge in [0, 0.05) is 17.9 Å². The minimum absolute atomic E-state index is 0.0228. The second kappa shape index (κ2) is 6.45. The molecule has 0 spiro atoms. The lowest BCUT2D eigenvalue weighted by atomic mass is 10.0. The standard InChI is InChI=1S/C14H16N4O3S/c19-18(20)11-1-2-12-13(7-11)16-8-14(17-12)22(21)9-10-3-5-15-6-4-10/h1-2,7-8,10,15H,3-6,9H2/t22-/m0/s1. The minimum Gasteiger partial charge on any atom is -0.317 e. The molecule has 0 unspecified atom stereocenters. The van der Waals surface area contributed by atoms with Crippen LogP contribution in [0.5, 0.6) is 0 Å². The molecular formula is C14H16N4O3S. The number of rotatable bonds is 4. The van der Waals surface area contributed by atoms with Gasteiger partial charge in [0.1, 0.15) is 5.03 Å². The highest BCUT2D eigenvalue weighted by molar-refractivity contribution is 7.84. The molecule has 8 heteroatoms. The number of hydrogen-bond donors (Lipinski definition) is 1. The number of fused-ring (bicyclic) bond motifs is 1. The van der Waals surface area contributed by atoms with E-state index in [2.05, 4.69) is 15.3 Å². The molecule has 1 aromatic carbocycles. The average Bonchev–Trinajstić information content (AvgIpc) is 2.54. The molecule has 1 aliphatic rings. The Kier molecular flexibility index (Phi) is 4.39. The molecule has 22 heavy (non-hydrogen) atoms. The minimum atomic E-state index is -1.19. The normalized spacial score (nSPS) is 17.5. The van der Waals surface area contributed by atoms with Gasteiger partial charge in [-0.25, -0.2) is 4.98 Å². The molecule has 7 nitrogen and oxygen atoms in total. The first-order chi connectivity index (χ1) is 10.6. The molecule has 1 aliphatic heterocycles. The molecule has 1 aromatic heterocycles. The summed E-state index contributed by atoms with van der Waals surface area (Å²) in [6, 6.07) is 4.31. The zero-order valence-electron chi connectivity index (χ0n) is 11.9. The second-order valence-electron chi connectivity index (χ2n) is 5.34. The fourth-order valence-corrected chi connectivity index (χ4v) is 3.86. The van der Waals surface area contributed by atoms with Gasteiger partial charge in [-0.1, -0.05) is 0 Å². The molecule has 0 radical (unpaired) electrons. The second-order valence-corrected chi connectivity index (χ2v) is 6.79. The van der Waals surface area contributed by atoms with E-state index in [-0.39, 0.29) is 5.69 Å². The van der Waals surface area contributed by atoms with E-state index in [9.17, 15) is 14.3 Å². The van der Waals surface area contributed by atoms with Crippen molar-refractivity contribution in [1.29, 1.82) is 0 Å². The third kappa shape index (κ3) is 3.28. The summed E-state index contributed by atoms with van der Waals surface area (Å²) in [5, 5.41) is 14.5. The topological polar surface area (TPSA) is 98.0 Å². The van der Waals surface area contributed by atoms with Gasteiger partial charge >= 0.3 is 0 Å². The van der Waals surface area contributed by atoms with Crippen molar-refractivity contribution < 1.29 is 9.13 Å². The van der Waals surface area contributed by atoms with Crippen LogP contribution in [0.2, 0.25) is 0 Å². The Morgan fingerprint density at radius 3 is 2.82 bits per heavy atom. The largest absolute Gasteiger partial charge is 0.317 e. The fraction of sp³-hybridized carbons (Fsp3) is 0.429. The van der Waals surface area contributed by atoms with E-state index in [1.54, 1.807) is 6.07 Å². The van der Waals surface area contributed by atoms with E-state index in [0.717, 1.165) is 25.9 Å². The smallest absolute Gasteiger partial charge is 0.271 e. The van der Waals surface area contributed by atoms with Gasteiger partial charge in [-0.15, -0.1) is 0 Å². The third-order valence-corrected chi connectivity index (χ3v) is 5.23. The van der Waals surface area contributed by atoms with Crippen LogP contribution in [0.1, 0.15) is 12.8 Å². The lowest BCUT2D eigenvalue weighted by Gasteiger charge is -2.21. The molecule has 2 aromatic rings. The molecule has 1 fully saturated rings. The predicted molar refractivity (Wildman–Crippen MR) is 83.1 cm³/mol. The molecule has 1 saturated heterocycles. The molecule has 0 amide bonds. The molecule has 1 atom stereocenters. The maximum absolute atomic E-state index is 12.4. The van der Waals surface area contributed by atoms with Gasteiger partial charge in [0.15, 0.2) is 0 Å². The van der Waals surface area contributed by atoms with Crippen molar-refractivity contribution in [1.82, 2.24) is 15.3 Å². The van der Waals surface area contributed by atoms with Crippen LogP contribution >= 0.6 is 0 Å². The Bertz CT molecular complexity index is 731. The number of nitrogens with one attached hydrogen (secondary N) is 1. The van der Waals surface area contributed by atoms with Gasteiger partial charge in [0.2, 0.25) is 0 Å². The number of non-ortho nitro benzene ring substituents is 1. The first-order valence-corrected chi connectivity index (χ1v) is 8.45. The van der Waals surface area contributed by atoms with Crippen LogP contribution in [0.3, 0.4) is 0 Å². The van der Waals surface area contributed by atoms with E-state index < -0.39 is 15.7 Å². The molecular weight excluding hydrogens is 304 g/mol. The SMILES string of the molecule is O=[N+]([O-])c1ccc2nc([S@@](=O)CC3CCNCC3)cnc2c1. The number of nitro groups is 1. The van der Waals surface area contributed by atoms with E-state index in [0.29, 0.717) is 27.7 Å². The summed E-state index contributed by atoms with van der Waals surface area (Å²) in [4.78, 5) is 18.8. The average molecular weight is 320 g/mol. The Balaban J connectivity index is 1.80. The Labute approximate surface area is 129 Å². The highest BCUT2D eigenvalue weighted by atomic mass is 32.2. The molecule has 0 bridgehead atoms. The van der Waals surface area contributed by atoms with Crippen molar-refractivity contribution in [3.8, 4) is 0 Å². The summed E-state index contributed by atoms with van der Waals surface area (Å²) in [7, 11) is -1.19. The van der Waals surface area contributed by atoms with Crippen molar-refractivity contribution in [3.05, 3.63) is 34.5 Å². The summed E-state index contributed by atoms with van der Waals surface area (Å²) in [6.07, 6.45) is 3.52. The molecule has 116 valence electrons. The lowest BCUT2D eigenvalue weighted by Crippen LogP contribution is -2.30. The monoisotopic (exact) mass is 320 g/mol. The highest BCUT2D eigenvalue weighted by Gasteiger charge is 2.18. The number of nitrogens with zero attached hydrogens (tertiary/aromatic N) is 3. The first kappa shape index (κ1) is 15.0. The van der Waals surface area contributed by atoms with Crippen molar-refractivity contribution in [3.63, 3.8) is 0 Å². The van der Waals surface area contributed by atoms with Crippen molar-refractivity contribution in [2.75, 3.05) is 18.8 Å². The number of piperidine rings is 1. The van der Waals surface area contributed by atoms with Gasteiger partial charge in [0.25, 0.3) is 5.69 Å². The van der Waals surface area contributed by atoms with Crippen molar-refractivity contribution in [2.24, 2.45) is 5.92 Å². The van der Waals surface area contributed by atoms with E-state index >= 15 is 0 Å². The van der Waals surface area contributed by atoms with Crippen LogP contribution in [0.25, 0.3) is 11.0 Å². The molecule has 1 N–H and O–H groups in total. The summed E-state index contributed by atoms with van der Waals surface area (Å²) in [5.74, 6) is 1.03. The predicted octanol–water partition coefficient (Wildman–Crippen LogP) is 1.65. The molecule has 2 heterocycles. The third-order valence-electron chi connectivity index (χ3n) is 3.79. The summed E-state index contributed by atoms with van der Waals surface area (Å²) >= 11 is 0. The van der Waals surface area contributed by atoms with Gasteiger partial charge < -0.3 is 5.32 Å². The van der Waals surface area contributed by atoms with E-state index in [1.165, 1.54) is 18.3 Å². The van der Waals surface area contributed by atoms with Crippen LogP contribution in [0.15, 0.2) is 29.4 Å². The van der Waals surface area contributed by atoms with Crippen LogP contribution < -0.4 is 5.32 Å². The number of aromatic nitrogens is 2. The van der Waals surface area contributed by atoms with Gasteiger partial charge in [-0.05, 0) is 37.9 Å². The van der Waals surface area contributed by atoms with Gasteiger partial charge in [-0.2, -0.15) is 0 Å². The number of hydrogen-bond acceptors (Lipinski definition) is 6. The molecule has 3 rings (SSSR count). The zero-order chi connectivity index (χ0) is 15.5. The lowest BCUT2D eigenvalue weighted by molar-refractivity contribution is -0.384. The zero-order valence-corrected chi connectivity index (χ0v) is 12.7. The summed E-state index contributed by atoms with van der Waals surface area (Å²) in [6.45, 7) is 1.93. The maximum atomic E-state index is 12.4. The summed E-state index contributed by atoms with van der Waals surface area (Å²) < 4.78 is 12.4. The van der Waals surface area contributed by atoms with E-state index in [4.69, 9.17) is 0 Å². The van der Waals surface area contributed by atoms with Crippen molar-refractivity contribution in [2.45, 2.75) is 17.9 Å². The number of benzene rings is 1. The molecule has 0 saturated carbocycles.